The van der Waals surface area contributed by atoms with Crippen LogP contribution in [-0.4, -0.2) is 46.5 Å². The predicted molar refractivity (Wildman–Crippen MR) is 107 cm³/mol. The number of anilines is 1. The van der Waals surface area contributed by atoms with Crippen LogP contribution in [-0.2, 0) is 14.8 Å². The molecule has 148 valence electrons. The van der Waals surface area contributed by atoms with E-state index in [2.05, 4.69) is 4.90 Å². The van der Waals surface area contributed by atoms with Crippen molar-refractivity contribution < 1.29 is 17.9 Å². The molecule has 6 nitrogen and oxygen atoms in total. The maximum atomic E-state index is 13.4. The molecule has 0 N–H and O–H groups in total. The minimum Gasteiger partial charge on any atom is -0.465 e. The van der Waals surface area contributed by atoms with Crippen molar-refractivity contribution >= 4 is 21.7 Å². The molecular weight excluding hydrogens is 376 g/mol. The van der Waals surface area contributed by atoms with E-state index in [1.165, 1.54) is 11.4 Å². The van der Waals surface area contributed by atoms with Crippen molar-refractivity contribution in [3.63, 3.8) is 0 Å². The first-order chi connectivity index (χ1) is 13.3. The van der Waals surface area contributed by atoms with E-state index in [9.17, 15) is 13.2 Å². The van der Waals surface area contributed by atoms with Gasteiger partial charge in [0.1, 0.15) is 0 Å². The molecule has 0 aromatic heterocycles. The number of benzene rings is 2. The highest BCUT2D eigenvalue weighted by Crippen LogP contribution is 2.47. The van der Waals surface area contributed by atoms with Crippen molar-refractivity contribution in [3.8, 4) is 0 Å². The number of esters is 1. The van der Waals surface area contributed by atoms with Gasteiger partial charge in [-0.1, -0.05) is 17.7 Å². The highest BCUT2D eigenvalue weighted by atomic mass is 32.2. The summed E-state index contributed by atoms with van der Waals surface area (Å²) in [6, 6.07) is 12.2. The molecule has 0 spiro atoms. The molecule has 1 saturated heterocycles. The maximum absolute atomic E-state index is 13.4. The summed E-state index contributed by atoms with van der Waals surface area (Å²) in [7, 11) is -0.296. The van der Waals surface area contributed by atoms with Gasteiger partial charge in [-0.05, 0) is 68.8 Å². The summed E-state index contributed by atoms with van der Waals surface area (Å²) in [5, 5.41) is 0. The zero-order chi connectivity index (χ0) is 20.1. The molecule has 28 heavy (non-hydrogen) atoms. The second-order valence-electron chi connectivity index (χ2n) is 7.59. The number of sulfonamides is 1. The lowest BCUT2D eigenvalue weighted by Crippen LogP contribution is -2.42. The Morgan fingerprint density at radius 3 is 2.54 bits per heavy atom. The van der Waals surface area contributed by atoms with Gasteiger partial charge in [0.2, 0.25) is 0 Å². The molecule has 0 bridgehead atoms. The summed E-state index contributed by atoms with van der Waals surface area (Å²) in [5.41, 5.74) is 2.96. The summed E-state index contributed by atoms with van der Waals surface area (Å²) < 4.78 is 33.2. The second-order valence-corrected chi connectivity index (χ2v) is 9.45. The van der Waals surface area contributed by atoms with Crippen LogP contribution in [0.15, 0.2) is 47.4 Å². The van der Waals surface area contributed by atoms with E-state index in [1.807, 2.05) is 26.1 Å². The smallest absolute Gasteiger partial charge is 0.337 e. The van der Waals surface area contributed by atoms with Crippen LogP contribution in [0.1, 0.15) is 33.9 Å². The maximum Gasteiger partial charge on any atom is 0.337 e. The molecule has 0 unspecified atom stereocenters. The number of aryl methyl sites for hydroxylation is 1. The molecule has 0 amide bonds. The van der Waals surface area contributed by atoms with Gasteiger partial charge < -0.3 is 4.74 Å². The number of nitrogens with zero attached hydrogens (tertiary/aromatic N) is 2. The fraction of sp³-hybridized carbons (Fsp3) is 0.381. The number of likely N-dealkylation sites (tertiary alicyclic amines) is 1. The van der Waals surface area contributed by atoms with Gasteiger partial charge >= 0.3 is 5.97 Å². The van der Waals surface area contributed by atoms with Crippen LogP contribution in [0.5, 0.6) is 0 Å². The first-order valence-electron chi connectivity index (χ1n) is 9.35. The first-order valence-corrected chi connectivity index (χ1v) is 10.8. The van der Waals surface area contributed by atoms with Gasteiger partial charge in [-0.15, -0.1) is 0 Å². The number of hydrogen-bond acceptors (Lipinski definition) is 5. The largest absolute Gasteiger partial charge is 0.465 e. The Hall–Kier alpha value is -2.38. The van der Waals surface area contributed by atoms with Crippen LogP contribution in [0.3, 0.4) is 0 Å². The fourth-order valence-electron chi connectivity index (χ4n) is 4.35. The Morgan fingerprint density at radius 2 is 1.86 bits per heavy atom. The number of ether oxygens (including phenoxy) is 1. The van der Waals surface area contributed by atoms with Crippen molar-refractivity contribution in [2.75, 3.05) is 31.6 Å². The van der Waals surface area contributed by atoms with E-state index in [0.717, 1.165) is 24.1 Å². The van der Waals surface area contributed by atoms with Crippen molar-refractivity contribution in [3.05, 3.63) is 59.2 Å². The molecule has 2 heterocycles. The summed E-state index contributed by atoms with van der Waals surface area (Å²) in [5.74, 6) is -0.232. The van der Waals surface area contributed by atoms with Gasteiger partial charge in [0.15, 0.2) is 0 Å². The lowest BCUT2D eigenvalue weighted by molar-refractivity contribution is 0.0600. The van der Waals surface area contributed by atoms with Crippen molar-refractivity contribution in [1.82, 2.24) is 4.90 Å². The Kier molecular flexibility index (Phi) is 4.67. The van der Waals surface area contributed by atoms with Crippen LogP contribution < -0.4 is 4.31 Å². The van der Waals surface area contributed by atoms with E-state index >= 15 is 0 Å². The molecule has 2 aliphatic heterocycles. The van der Waals surface area contributed by atoms with E-state index in [4.69, 9.17) is 4.74 Å². The van der Waals surface area contributed by atoms with Gasteiger partial charge in [-0.3, -0.25) is 9.21 Å². The lowest BCUT2D eigenvalue weighted by atomic mass is 9.88. The minimum absolute atomic E-state index is 0.101. The van der Waals surface area contributed by atoms with Crippen molar-refractivity contribution in [2.45, 2.75) is 24.3 Å². The number of carbonyl (C=O) groups excluding carboxylic acids is 1. The van der Waals surface area contributed by atoms with Crippen molar-refractivity contribution in [2.24, 2.45) is 5.92 Å². The molecule has 0 saturated carbocycles. The van der Waals surface area contributed by atoms with E-state index < -0.39 is 16.0 Å². The average molecular weight is 401 g/mol. The average Bonchev–Trinajstić information content (AvgIpc) is 3.07. The standard InChI is InChI=1S/C21H24N2O4S/c1-14-4-7-17(8-5-14)28(25,26)23-13-16-10-11-22(2)20(16)18-12-15(21(24)27-3)6-9-19(18)23/h4-9,12,16,20H,10-11,13H2,1-3H3/t16-,20-/m1/s1. The quantitative estimate of drug-likeness (QED) is 0.741. The van der Waals surface area contributed by atoms with Crippen LogP contribution in [0.2, 0.25) is 0 Å². The zero-order valence-electron chi connectivity index (χ0n) is 16.3. The van der Waals surface area contributed by atoms with E-state index in [-0.39, 0.29) is 16.9 Å². The molecule has 1 fully saturated rings. The number of fused-ring (bicyclic) bond motifs is 3. The van der Waals surface area contributed by atoms with E-state index in [1.54, 1.807) is 30.3 Å². The van der Waals surface area contributed by atoms with E-state index in [0.29, 0.717) is 17.8 Å². The zero-order valence-corrected chi connectivity index (χ0v) is 17.1. The Morgan fingerprint density at radius 1 is 1.14 bits per heavy atom. The Bertz CT molecular complexity index is 1020. The summed E-state index contributed by atoms with van der Waals surface area (Å²) in [6.45, 7) is 3.27. The second kappa shape index (κ2) is 6.90. The van der Waals surface area contributed by atoms with Gasteiger partial charge in [-0.2, -0.15) is 0 Å². The molecule has 0 aliphatic carbocycles. The van der Waals surface area contributed by atoms with Crippen LogP contribution >= 0.6 is 0 Å². The number of methoxy groups -OCH3 is 1. The summed E-state index contributed by atoms with van der Waals surface area (Å²) in [6.07, 6.45) is 0.920. The molecule has 2 aromatic carbocycles. The Labute approximate surface area is 165 Å². The highest BCUT2D eigenvalue weighted by molar-refractivity contribution is 7.92. The molecule has 4 rings (SSSR count). The van der Waals surface area contributed by atoms with Crippen LogP contribution in [0.4, 0.5) is 5.69 Å². The van der Waals surface area contributed by atoms with Crippen LogP contribution in [0, 0.1) is 12.8 Å². The summed E-state index contributed by atoms with van der Waals surface area (Å²) in [4.78, 5) is 14.6. The monoisotopic (exact) mass is 400 g/mol. The highest BCUT2D eigenvalue weighted by Gasteiger charge is 2.43. The summed E-state index contributed by atoms with van der Waals surface area (Å²) >= 11 is 0. The fourth-order valence-corrected chi connectivity index (χ4v) is 5.90. The number of carbonyl (C=O) groups is 1. The van der Waals surface area contributed by atoms with Gasteiger partial charge in [0.05, 0.1) is 23.3 Å². The van der Waals surface area contributed by atoms with Gasteiger partial charge in [0, 0.05) is 12.6 Å². The molecule has 7 heteroatoms. The SMILES string of the molecule is COC(=O)c1ccc2c(c1)[C@H]1[C@H](CCN1C)CN2S(=O)(=O)c1ccc(C)cc1. The minimum atomic E-state index is -3.69. The number of hydrogen-bond donors (Lipinski definition) is 0. The first kappa shape index (κ1) is 19.0. The molecule has 2 atom stereocenters. The van der Waals surface area contributed by atoms with Crippen molar-refractivity contribution in [1.29, 1.82) is 0 Å². The predicted octanol–water partition coefficient (Wildman–Crippen LogP) is 2.98. The van der Waals surface area contributed by atoms with Gasteiger partial charge in [-0.25, -0.2) is 13.2 Å². The molecule has 2 aliphatic rings. The van der Waals surface area contributed by atoms with Crippen LogP contribution in [0.25, 0.3) is 0 Å². The Balaban J connectivity index is 1.85. The normalized spacial score (nSPS) is 21.9. The molecule has 0 radical (unpaired) electrons. The third-order valence-corrected chi connectivity index (χ3v) is 7.61. The molecule has 2 aromatic rings. The lowest BCUT2D eigenvalue weighted by Gasteiger charge is -2.39. The third-order valence-electron chi connectivity index (χ3n) is 5.82. The molecular formula is C21H24N2O4S. The third kappa shape index (κ3) is 2.99. The van der Waals surface area contributed by atoms with Gasteiger partial charge in [0.25, 0.3) is 10.0 Å². The topological polar surface area (TPSA) is 66.9 Å². The number of rotatable bonds is 3.